The molecule has 0 amide bonds. The van der Waals surface area contributed by atoms with Gasteiger partial charge in [0, 0.05) is 0 Å². The predicted octanol–water partition coefficient (Wildman–Crippen LogP) is 2.46. The number of hydrogen-bond donors (Lipinski definition) is 0. The molecule has 0 nitrogen and oxygen atoms in total. The van der Waals surface area contributed by atoms with E-state index in [9.17, 15) is 0 Å². The molecule has 0 bridgehead atoms. The van der Waals surface area contributed by atoms with Gasteiger partial charge < -0.3 is 0 Å². The normalized spacial score (nSPS) is 9.29. The largest absolute Gasteiger partial charge is 0.137 e. The van der Waals surface area contributed by atoms with E-state index in [1.807, 2.05) is 0 Å². The summed E-state index contributed by atoms with van der Waals surface area (Å²) in [4.78, 5) is 0. The molecule has 1 heterocycles. The molecule has 1 rings (SSSR count). The van der Waals surface area contributed by atoms with E-state index in [0.717, 1.165) is 0 Å². The highest BCUT2D eigenvalue weighted by molar-refractivity contribution is 7.27. The van der Waals surface area contributed by atoms with Gasteiger partial charge in [0.1, 0.15) is 16.5 Å². The van der Waals surface area contributed by atoms with Crippen molar-refractivity contribution >= 4 is 10.5 Å². The average molecular weight is 113 g/mol. The zero-order chi connectivity index (χ0) is 5.11. The molecule has 7 heavy (non-hydrogen) atoms. The van der Waals surface area contributed by atoms with Crippen molar-refractivity contribution in [2.24, 2.45) is 0 Å². The van der Waals surface area contributed by atoms with Crippen molar-refractivity contribution in [3.8, 4) is 0 Å². The van der Waals surface area contributed by atoms with Gasteiger partial charge in [-0.1, -0.05) is 0 Å². The summed E-state index contributed by atoms with van der Waals surface area (Å²) in [6.07, 6.45) is 0. The van der Waals surface area contributed by atoms with Crippen LogP contribution in [-0.4, -0.2) is 0 Å². The monoisotopic (exact) mass is 113 g/mol. The van der Waals surface area contributed by atoms with Crippen molar-refractivity contribution in [2.45, 2.75) is 12.7 Å². The van der Waals surface area contributed by atoms with Crippen LogP contribution in [-0.2, 0) is 5.75 Å². The molecule has 1 aromatic heterocycles. The van der Waals surface area contributed by atoms with Crippen LogP contribution < -0.4 is 0 Å². The van der Waals surface area contributed by atoms with Gasteiger partial charge >= 0.3 is 0 Å². The summed E-state index contributed by atoms with van der Waals surface area (Å²) in [5.41, 5.74) is 0. The van der Waals surface area contributed by atoms with Gasteiger partial charge in [0.15, 0.2) is 0 Å². The molecule has 0 aliphatic rings. The zero-order valence-electron chi connectivity index (χ0n) is 4.42. The Balaban J connectivity index is 2.76. The van der Waals surface area contributed by atoms with E-state index in [2.05, 4.69) is 29.8 Å². The lowest BCUT2D eigenvalue weighted by molar-refractivity contribution is 1.38. The second kappa shape index (κ2) is 2.12. The Labute approximate surface area is 46.8 Å². The molecule has 0 N–H and O–H groups in total. The molecule has 1 heteroatoms. The Kier molecular flexibility index (Phi) is 1.47. The maximum atomic E-state index is 2.25. The zero-order valence-corrected chi connectivity index (χ0v) is 5.24. The Bertz CT molecular complexity index is 119. The molecule has 0 aliphatic heterocycles. The Hall–Kier alpha value is -0.300. The van der Waals surface area contributed by atoms with Crippen LogP contribution in [0.1, 0.15) is 6.92 Å². The first-order chi connectivity index (χ1) is 3.43. The van der Waals surface area contributed by atoms with Gasteiger partial charge in [-0.05, 0) is 29.5 Å². The number of aryl methyl sites for hydroxylation is 1. The van der Waals surface area contributed by atoms with Crippen LogP contribution in [0.5, 0.6) is 0 Å². The standard InChI is InChI=1S/C6H9S/c1-2-7-5-3-4-6-7/h3-6H,2H2,1H3/q+1. The van der Waals surface area contributed by atoms with E-state index in [1.54, 1.807) is 0 Å². The number of hydrogen-bond acceptors (Lipinski definition) is 0. The van der Waals surface area contributed by atoms with Crippen molar-refractivity contribution in [1.29, 1.82) is 0 Å². The number of thiophene rings is 1. The Morgan fingerprint density at radius 2 is 1.86 bits per heavy atom. The van der Waals surface area contributed by atoms with Crippen LogP contribution in [0.3, 0.4) is 0 Å². The van der Waals surface area contributed by atoms with Crippen LogP contribution in [0.15, 0.2) is 22.9 Å². The quantitative estimate of drug-likeness (QED) is 0.491. The maximum absolute atomic E-state index is 2.25. The maximum Gasteiger partial charge on any atom is 0.137 e. The molecule has 0 radical (unpaired) electrons. The van der Waals surface area contributed by atoms with Gasteiger partial charge in [-0.3, -0.25) is 0 Å². The van der Waals surface area contributed by atoms with Crippen LogP contribution in [0.2, 0.25) is 0 Å². The molecule has 0 fully saturated rings. The molecule has 0 saturated carbocycles. The Morgan fingerprint density at radius 1 is 1.29 bits per heavy atom. The molecular formula is C6H9S+. The highest BCUT2D eigenvalue weighted by atomic mass is 32.2. The lowest BCUT2D eigenvalue weighted by Gasteiger charge is -1.69. The first-order valence-electron chi connectivity index (χ1n) is 2.47. The first kappa shape index (κ1) is 4.85. The predicted molar refractivity (Wildman–Crippen MR) is 34.6 cm³/mol. The summed E-state index contributed by atoms with van der Waals surface area (Å²) in [5.74, 6) is 1.27. The Morgan fingerprint density at radius 3 is 2.14 bits per heavy atom. The van der Waals surface area contributed by atoms with Crippen molar-refractivity contribution < 1.29 is 0 Å². The van der Waals surface area contributed by atoms with Crippen LogP contribution in [0.4, 0.5) is 0 Å². The second-order valence-corrected chi connectivity index (χ2v) is 3.48. The number of rotatable bonds is 1. The SMILES string of the molecule is CC[s+]1cccc1. The minimum Gasteiger partial charge on any atom is -0.0232 e. The van der Waals surface area contributed by atoms with Crippen LogP contribution in [0, 0.1) is 0 Å². The molecular weight excluding hydrogens is 104 g/mol. The average Bonchev–Trinajstić information content (AvgIpc) is 2.14. The molecule has 0 aliphatic carbocycles. The van der Waals surface area contributed by atoms with Gasteiger partial charge in [-0.25, -0.2) is 0 Å². The fraction of sp³-hybridized carbons (Fsp3) is 0.333. The van der Waals surface area contributed by atoms with Gasteiger partial charge in [0.2, 0.25) is 0 Å². The third kappa shape index (κ3) is 1.03. The molecule has 0 spiro atoms. The van der Waals surface area contributed by atoms with E-state index in [4.69, 9.17) is 0 Å². The van der Waals surface area contributed by atoms with E-state index in [1.165, 1.54) is 5.75 Å². The van der Waals surface area contributed by atoms with Crippen molar-refractivity contribution in [1.82, 2.24) is 0 Å². The van der Waals surface area contributed by atoms with Crippen molar-refractivity contribution in [3.63, 3.8) is 0 Å². The van der Waals surface area contributed by atoms with Crippen LogP contribution in [0.25, 0.3) is 0 Å². The first-order valence-corrected chi connectivity index (χ1v) is 3.99. The van der Waals surface area contributed by atoms with Gasteiger partial charge in [-0.15, -0.1) is 0 Å². The molecule has 0 aromatic carbocycles. The molecule has 1 aromatic rings. The molecule has 0 unspecified atom stereocenters. The summed E-state index contributed by atoms with van der Waals surface area (Å²) >= 11 is 0. The summed E-state index contributed by atoms with van der Waals surface area (Å²) < 4.78 is 0. The second-order valence-electron chi connectivity index (χ2n) is 1.42. The fourth-order valence-electron chi connectivity index (χ4n) is 0.530. The van der Waals surface area contributed by atoms with Crippen LogP contribution >= 0.6 is 10.5 Å². The summed E-state index contributed by atoms with van der Waals surface area (Å²) in [7, 11) is 0.505. The molecule has 0 atom stereocenters. The van der Waals surface area contributed by atoms with Gasteiger partial charge in [0.25, 0.3) is 0 Å². The van der Waals surface area contributed by atoms with Gasteiger partial charge in [-0.2, -0.15) is 0 Å². The topological polar surface area (TPSA) is 0 Å². The van der Waals surface area contributed by atoms with Gasteiger partial charge in [0.05, 0.1) is 0 Å². The fourth-order valence-corrected chi connectivity index (χ4v) is 1.59. The van der Waals surface area contributed by atoms with Crippen molar-refractivity contribution in [2.75, 3.05) is 0 Å². The summed E-state index contributed by atoms with van der Waals surface area (Å²) in [6.45, 7) is 2.21. The van der Waals surface area contributed by atoms with Crippen molar-refractivity contribution in [3.05, 3.63) is 22.9 Å². The highest BCUT2D eigenvalue weighted by Crippen LogP contribution is 2.15. The summed E-state index contributed by atoms with van der Waals surface area (Å²) in [5, 5.41) is 4.50. The molecule has 38 valence electrons. The summed E-state index contributed by atoms with van der Waals surface area (Å²) in [6, 6.07) is 4.24. The lowest BCUT2D eigenvalue weighted by Crippen LogP contribution is -1.51. The third-order valence-electron chi connectivity index (χ3n) is 0.951. The minimum atomic E-state index is 0.505. The molecule has 0 saturated heterocycles. The lowest BCUT2D eigenvalue weighted by atomic mass is 10.7. The van der Waals surface area contributed by atoms with E-state index in [0.29, 0.717) is 10.5 Å². The van der Waals surface area contributed by atoms with E-state index >= 15 is 0 Å². The van der Waals surface area contributed by atoms with E-state index < -0.39 is 0 Å². The minimum absolute atomic E-state index is 0.505. The smallest absolute Gasteiger partial charge is 0.0232 e. The van der Waals surface area contributed by atoms with E-state index in [-0.39, 0.29) is 0 Å². The third-order valence-corrected chi connectivity index (χ3v) is 2.63. The highest BCUT2D eigenvalue weighted by Gasteiger charge is 1.91.